The van der Waals surface area contributed by atoms with Crippen molar-refractivity contribution in [2.75, 3.05) is 52.0 Å². The van der Waals surface area contributed by atoms with Crippen molar-refractivity contribution in [2.24, 2.45) is 0 Å². The molecule has 5 rings (SSSR count). The highest BCUT2D eigenvalue weighted by Gasteiger charge is 2.33. The van der Waals surface area contributed by atoms with E-state index in [2.05, 4.69) is 64.7 Å². The summed E-state index contributed by atoms with van der Waals surface area (Å²) in [6.45, 7) is 6.94. The van der Waals surface area contributed by atoms with Gasteiger partial charge in [0.25, 0.3) is 0 Å². The lowest BCUT2D eigenvalue weighted by Gasteiger charge is -2.38. The molecule has 2 aliphatic rings. The molecule has 0 spiro atoms. The number of rotatable bonds is 12. The van der Waals surface area contributed by atoms with E-state index < -0.39 is 0 Å². The maximum Gasteiger partial charge on any atom is 0.142 e. The smallest absolute Gasteiger partial charge is 0.142 e. The highest BCUT2D eigenvalue weighted by Crippen LogP contribution is 2.36. The lowest BCUT2D eigenvalue weighted by atomic mass is 9.82. The molecule has 0 bridgehead atoms. The van der Waals surface area contributed by atoms with E-state index in [-0.39, 0.29) is 6.10 Å². The molecule has 0 aliphatic carbocycles. The standard InChI is InChI=1S/C31H42N4O4/c1-23(35-14-4-12-33-35)18-26-20-28(25-7-9-27(37-3)10-8-25)31(21-32-26)39-22-24-6-11-30-29(19-24)34(15-17-38-30)13-5-16-36-2/h4,6-12,14,19,23,26,28,31-32H,5,13,15-18,20-22H2,1-3H3/t23?,26-,28+,31-/m0/s1. The highest BCUT2D eigenvalue weighted by atomic mass is 16.5. The van der Waals surface area contributed by atoms with Crippen LogP contribution in [0.4, 0.5) is 5.69 Å². The second kappa shape index (κ2) is 13.3. The highest BCUT2D eigenvalue weighted by molar-refractivity contribution is 5.61. The van der Waals surface area contributed by atoms with Crippen LogP contribution in [0, 0.1) is 0 Å². The fourth-order valence-corrected chi connectivity index (χ4v) is 5.83. The molecular formula is C31H42N4O4. The number of hydrogen-bond acceptors (Lipinski definition) is 7. The zero-order chi connectivity index (χ0) is 27.0. The normalized spacial score (nSPS) is 21.7. The zero-order valence-electron chi connectivity index (χ0n) is 23.4. The van der Waals surface area contributed by atoms with Crippen molar-refractivity contribution >= 4 is 5.69 Å². The van der Waals surface area contributed by atoms with Gasteiger partial charge in [-0.05, 0) is 67.6 Å². The van der Waals surface area contributed by atoms with Gasteiger partial charge in [0, 0.05) is 51.2 Å². The van der Waals surface area contributed by atoms with E-state index in [1.54, 1.807) is 14.2 Å². The number of methoxy groups -OCH3 is 2. The van der Waals surface area contributed by atoms with Crippen molar-refractivity contribution in [3.8, 4) is 11.5 Å². The molecule has 4 atom stereocenters. The summed E-state index contributed by atoms with van der Waals surface area (Å²) in [6.07, 6.45) is 6.98. The van der Waals surface area contributed by atoms with Crippen LogP contribution in [0.2, 0.25) is 0 Å². The molecule has 8 nitrogen and oxygen atoms in total. The molecule has 3 aromatic rings. The van der Waals surface area contributed by atoms with E-state index in [0.29, 0.717) is 31.2 Å². The Morgan fingerprint density at radius 3 is 2.79 bits per heavy atom. The lowest BCUT2D eigenvalue weighted by molar-refractivity contribution is 0.00125. The van der Waals surface area contributed by atoms with Gasteiger partial charge in [-0.1, -0.05) is 18.2 Å². The number of aromatic nitrogens is 2. The van der Waals surface area contributed by atoms with Crippen molar-refractivity contribution in [1.29, 1.82) is 0 Å². The molecule has 1 fully saturated rings. The van der Waals surface area contributed by atoms with E-state index in [0.717, 1.165) is 62.7 Å². The van der Waals surface area contributed by atoms with Gasteiger partial charge < -0.3 is 29.2 Å². The summed E-state index contributed by atoms with van der Waals surface area (Å²) in [5.74, 6) is 2.12. The van der Waals surface area contributed by atoms with Crippen LogP contribution in [-0.2, 0) is 16.1 Å². The first kappa shape index (κ1) is 27.5. The Bertz CT molecular complexity index is 1150. The Morgan fingerprint density at radius 2 is 2.03 bits per heavy atom. The third-order valence-corrected chi connectivity index (χ3v) is 7.96. The first-order chi connectivity index (χ1) is 19.1. The van der Waals surface area contributed by atoms with Gasteiger partial charge in [-0.3, -0.25) is 4.68 Å². The zero-order valence-corrected chi connectivity index (χ0v) is 23.4. The minimum absolute atomic E-state index is 0.0692. The number of benzene rings is 2. The monoisotopic (exact) mass is 534 g/mol. The molecule has 0 saturated carbocycles. The van der Waals surface area contributed by atoms with Crippen molar-refractivity contribution in [1.82, 2.24) is 15.1 Å². The molecule has 3 heterocycles. The van der Waals surface area contributed by atoms with E-state index >= 15 is 0 Å². The van der Waals surface area contributed by atoms with Crippen LogP contribution in [0.5, 0.6) is 11.5 Å². The molecule has 2 aliphatic heterocycles. The Balaban J connectivity index is 1.27. The van der Waals surface area contributed by atoms with Crippen LogP contribution in [0.25, 0.3) is 0 Å². The van der Waals surface area contributed by atoms with Crippen molar-refractivity contribution < 1.29 is 18.9 Å². The quantitative estimate of drug-likeness (QED) is 0.335. The third-order valence-electron chi connectivity index (χ3n) is 7.96. The number of piperidine rings is 1. The fraction of sp³-hybridized carbons (Fsp3) is 0.516. The third kappa shape index (κ3) is 6.93. The van der Waals surface area contributed by atoms with Gasteiger partial charge >= 0.3 is 0 Å². The number of hydrogen-bond donors (Lipinski definition) is 1. The van der Waals surface area contributed by atoms with Crippen LogP contribution in [0.3, 0.4) is 0 Å². The van der Waals surface area contributed by atoms with Gasteiger partial charge in [-0.15, -0.1) is 0 Å². The average molecular weight is 535 g/mol. The molecule has 2 aromatic carbocycles. The summed E-state index contributed by atoms with van der Waals surface area (Å²) in [5, 5.41) is 8.22. The summed E-state index contributed by atoms with van der Waals surface area (Å²) in [5.41, 5.74) is 3.61. The fourth-order valence-electron chi connectivity index (χ4n) is 5.83. The van der Waals surface area contributed by atoms with E-state index in [1.165, 1.54) is 11.1 Å². The van der Waals surface area contributed by atoms with Gasteiger partial charge in [-0.25, -0.2) is 0 Å². The molecule has 1 aromatic heterocycles. The molecule has 1 saturated heterocycles. The summed E-state index contributed by atoms with van der Waals surface area (Å²) in [4.78, 5) is 2.40. The summed E-state index contributed by atoms with van der Waals surface area (Å²) in [7, 11) is 3.46. The molecule has 0 amide bonds. The van der Waals surface area contributed by atoms with Gasteiger partial charge in [0.1, 0.15) is 18.1 Å². The molecule has 1 N–H and O–H groups in total. The Hall–Kier alpha value is -3.07. The lowest BCUT2D eigenvalue weighted by Crippen LogP contribution is -2.47. The average Bonchev–Trinajstić information content (AvgIpc) is 3.52. The van der Waals surface area contributed by atoms with Crippen LogP contribution >= 0.6 is 0 Å². The van der Waals surface area contributed by atoms with Crippen LogP contribution < -0.4 is 19.7 Å². The van der Waals surface area contributed by atoms with Gasteiger partial charge in [0.2, 0.25) is 0 Å². The second-order valence-corrected chi connectivity index (χ2v) is 10.6. The van der Waals surface area contributed by atoms with E-state index in [1.807, 2.05) is 23.1 Å². The summed E-state index contributed by atoms with van der Waals surface area (Å²) >= 11 is 0. The van der Waals surface area contributed by atoms with Crippen LogP contribution in [-0.4, -0.2) is 69.0 Å². The second-order valence-electron chi connectivity index (χ2n) is 10.6. The van der Waals surface area contributed by atoms with Gasteiger partial charge in [0.05, 0.1) is 38.1 Å². The van der Waals surface area contributed by atoms with Gasteiger partial charge in [0.15, 0.2) is 0 Å². The molecule has 39 heavy (non-hydrogen) atoms. The molecule has 210 valence electrons. The summed E-state index contributed by atoms with van der Waals surface area (Å²) in [6, 6.07) is 17.6. The largest absolute Gasteiger partial charge is 0.497 e. The first-order valence-electron chi connectivity index (χ1n) is 14.1. The minimum Gasteiger partial charge on any atom is -0.497 e. The maximum atomic E-state index is 6.65. The number of nitrogens with one attached hydrogen (secondary N) is 1. The van der Waals surface area contributed by atoms with Crippen LogP contribution in [0.1, 0.15) is 49.3 Å². The number of anilines is 1. The Morgan fingerprint density at radius 1 is 1.15 bits per heavy atom. The number of nitrogens with zero attached hydrogens (tertiary/aromatic N) is 3. The number of ether oxygens (including phenoxy) is 4. The minimum atomic E-state index is 0.0692. The topological polar surface area (TPSA) is 70.0 Å². The SMILES string of the molecule is COCCCN1CCOc2ccc(CO[C@H]3CN[C@@H](CC(C)n4cccn4)C[C@@H]3c3ccc(OC)cc3)cc21. The Kier molecular flexibility index (Phi) is 9.40. The van der Waals surface area contributed by atoms with Crippen molar-refractivity contribution in [3.05, 3.63) is 72.1 Å². The molecule has 0 radical (unpaired) electrons. The van der Waals surface area contributed by atoms with Gasteiger partial charge in [-0.2, -0.15) is 5.10 Å². The predicted octanol–water partition coefficient (Wildman–Crippen LogP) is 4.81. The molecule has 1 unspecified atom stereocenters. The van der Waals surface area contributed by atoms with Crippen LogP contribution in [0.15, 0.2) is 60.9 Å². The van der Waals surface area contributed by atoms with E-state index in [9.17, 15) is 0 Å². The molecule has 8 heteroatoms. The van der Waals surface area contributed by atoms with Crippen molar-refractivity contribution in [3.63, 3.8) is 0 Å². The number of fused-ring (bicyclic) bond motifs is 1. The van der Waals surface area contributed by atoms with Crippen molar-refractivity contribution in [2.45, 2.75) is 56.9 Å². The van der Waals surface area contributed by atoms with E-state index in [4.69, 9.17) is 18.9 Å². The predicted molar refractivity (Wildman–Crippen MR) is 153 cm³/mol. The Labute approximate surface area is 232 Å². The summed E-state index contributed by atoms with van der Waals surface area (Å²) < 4.78 is 25.3. The maximum absolute atomic E-state index is 6.65. The first-order valence-corrected chi connectivity index (χ1v) is 14.1. The molecular weight excluding hydrogens is 492 g/mol.